The third kappa shape index (κ3) is 3.37. The molecule has 1 nitrogen and oxygen atoms in total. The van der Waals surface area contributed by atoms with Crippen LogP contribution in [0.2, 0.25) is 0 Å². The molecule has 2 aliphatic rings. The molecule has 1 atom stereocenters. The molecule has 1 aromatic carbocycles. The lowest BCUT2D eigenvalue weighted by molar-refractivity contribution is 0.272. The summed E-state index contributed by atoms with van der Waals surface area (Å²) >= 11 is 1.86. The molecule has 0 bridgehead atoms. The minimum Gasteiger partial charge on any atom is -0.310 e. The molecule has 1 N–H and O–H groups in total. The number of hydrogen-bond donors (Lipinski definition) is 1. The van der Waals surface area contributed by atoms with E-state index < -0.39 is 0 Å². The van der Waals surface area contributed by atoms with Gasteiger partial charge in [-0.3, -0.25) is 0 Å². The molecule has 3 heteroatoms. The average Bonchev–Trinajstić information content (AvgIpc) is 2.47. The van der Waals surface area contributed by atoms with Crippen LogP contribution in [0.15, 0.2) is 23.1 Å². The van der Waals surface area contributed by atoms with Crippen LogP contribution in [0.3, 0.4) is 0 Å². The second-order valence-corrected chi connectivity index (χ2v) is 7.54. The molecule has 3 rings (SSSR count). The highest BCUT2D eigenvalue weighted by atomic mass is 32.2. The van der Waals surface area contributed by atoms with Crippen molar-refractivity contribution in [3.8, 4) is 0 Å². The van der Waals surface area contributed by atoms with E-state index >= 15 is 0 Å². The number of thioether (sulfide) groups is 1. The Bertz CT molecular complexity index is 454. The molecule has 0 amide bonds. The van der Waals surface area contributed by atoms with E-state index in [0.717, 1.165) is 30.6 Å². The van der Waals surface area contributed by atoms with Crippen LogP contribution in [0.5, 0.6) is 0 Å². The van der Waals surface area contributed by atoms with Crippen molar-refractivity contribution in [1.82, 2.24) is 5.32 Å². The van der Waals surface area contributed by atoms with Crippen molar-refractivity contribution in [2.24, 2.45) is 11.8 Å². The van der Waals surface area contributed by atoms with Gasteiger partial charge in [0.05, 0.1) is 0 Å². The predicted octanol–water partition coefficient (Wildman–Crippen LogP) is 4.78. The van der Waals surface area contributed by atoms with E-state index in [2.05, 4.69) is 12.2 Å². The van der Waals surface area contributed by atoms with Gasteiger partial charge < -0.3 is 5.32 Å². The summed E-state index contributed by atoms with van der Waals surface area (Å²) in [5.41, 5.74) is 1.17. The van der Waals surface area contributed by atoms with Gasteiger partial charge in [-0.1, -0.05) is 19.8 Å². The first-order valence-corrected chi connectivity index (χ1v) is 8.86. The third-order valence-corrected chi connectivity index (χ3v) is 5.92. The summed E-state index contributed by atoms with van der Waals surface area (Å²) in [4.78, 5) is 1.26. The van der Waals surface area contributed by atoms with E-state index in [1.54, 1.807) is 12.1 Å². The number of rotatable bonds is 3. The standard InChI is InChI=1S/C17H24FNS/c1-12-2-4-13(5-3-12)11-19-16-8-9-20-17-7-6-14(18)10-15(16)17/h6-7,10,12-13,16,19H,2-5,8-9,11H2,1H3. The van der Waals surface area contributed by atoms with Crippen LogP contribution in [0, 0.1) is 17.7 Å². The van der Waals surface area contributed by atoms with E-state index in [0.29, 0.717) is 6.04 Å². The van der Waals surface area contributed by atoms with Crippen LogP contribution in [-0.4, -0.2) is 12.3 Å². The summed E-state index contributed by atoms with van der Waals surface area (Å²) < 4.78 is 13.5. The summed E-state index contributed by atoms with van der Waals surface area (Å²) in [7, 11) is 0. The van der Waals surface area contributed by atoms with Crippen LogP contribution in [0.4, 0.5) is 4.39 Å². The summed E-state index contributed by atoms with van der Waals surface area (Å²) in [5, 5.41) is 3.71. The Morgan fingerprint density at radius 3 is 2.80 bits per heavy atom. The maximum absolute atomic E-state index is 13.5. The summed E-state index contributed by atoms with van der Waals surface area (Å²) in [6.45, 7) is 3.46. The van der Waals surface area contributed by atoms with Crippen molar-refractivity contribution in [3.05, 3.63) is 29.6 Å². The molecule has 1 saturated carbocycles. The first kappa shape index (κ1) is 14.4. The van der Waals surface area contributed by atoms with Gasteiger partial charge in [0.25, 0.3) is 0 Å². The van der Waals surface area contributed by atoms with E-state index in [1.165, 1.54) is 36.1 Å². The van der Waals surface area contributed by atoms with Crippen LogP contribution < -0.4 is 5.32 Å². The van der Waals surface area contributed by atoms with Gasteiger partial charge in [0.15, 0.2) is 0 Å². The summed E-state index contributed by atoms with van der Waals surface area (Å²) in [6, 6.07) is 5.59. The molecule has 0 aromatic heterocycles. The quantitative estimate of drug-likeness (QED) is 0.861. The third-order valence-electron chi connectivity index (χ3n) is 4.80. The number of nitrogens with one attached hydrogen (secondary N) is 1. The van der Waals surface area contributed by atoms with E-state index in [9.17, 15) is 4.39 Å². The lowest BCUT2D eigenvalue weighted by Gasteiger charge is -2.30. The van der Waals surface area contributed by atoms with E-state index in [1.807, 2.05) is 17.8 Å². The van der Waals surface area contributed by atoms with Gasteiger partial charge in [0.2, 0.25) is 0 Å². The zero-order valence-electron chi connectivity index (χ0n) is 12.2. The fraction of sp³-hybridized carbons (Fsp3) is 0.647. The van der Waals surface area contributed by atoms with Crippen molar-refractivity contribution >= 4 is 11.8 Å². The summed E-state index contributed by atoms with van der Waals surface area (Å²) in [5.74, 6) is 2.76. The van der Waals surface area contributed by atoms with Crippen molar-refractivity contribution in [2.45, 2.75) is 50.0 Å². The average molecular weight is 293 g/mol. The summed E-state index contributed by atoms with van der Waals surface area (Å²) in [6.07, 6.45) is 6.57. The highest BCUT2D eigenvalue weighted by Gasteiger charge is 2.23. The van der Waals surface area contributed by atoms with Gasteiger partial charge in [0, 0.05) is 10.9 Å². The molecule has 1 aromatic rings. The zero-order valence-corrected chi connectivity index (χ0v) is 13.0. The van der Waals surface area contributed by atoms with Gasteiger partial charge in [-0.25, -0.2) is 4.39 Å². The van der Waals surface area contributed by atoms with Crippen LogP contribution in [-0.2, 0) is 0 Å². The highest BCUT2D eigenvalue weighted by molar-refractivity contribution is 7.99. The Kier molecular flexibility index (Phi) is 4.67. The molecule has 1 heterocycles. The second-order valence-electron chi connectivity index (χ2n) is 6.41. The zero-order chi connectivity index (χ0) is 13.9. The van der Waals surface area contributed by atoms with Crippen LogP contribution in [0.25, 0.3) is 0 Å². The normalized spacial score (nSPS) is 30.0. The lowest BCUT2D eigenvalue weighted by atomic mass is 9.83. The molecule has 110 valence electrons. The number of hydrogen-bond acceptors (Lipinski definition) is 2. The van der Waals surface area contributed by atoms with Crippen LogP contribution in [0.1, 0.15) is 50.6 Å². The van der Waals surface area contributed by atoms with Gasteiger partial charge in [-0.2, -0.15) is 0 Å². The van der Waals surface area contributed by atoms with Crippen molar-refractivity contribution in [3.63, 3.8) is 0 Å². The smallest absolute Gasteiger partial charge is 0.123 e. The van der Waals surface area contributed by atoms with Gasteiger partial charge >= 0.3 is 0 Å². The Morgan fingerprint density at radius 1 is 1.20 bits per heavy atom. The first-order chi connectivity index (χ1) is 9.72. The monoisotopic (exact) mass is 293 g/mol. The SMILES string of the molecule is CC1CCC(CNC2CCSc3ccc(F)cc32)CC1. The van der Waals surface area contributed by atoms with E-state index in [-0.39, 0.29) is 5.82 Å². The number of benzene rings is 1. The lowest BCUT2D eigenvalue weighted by Crippen LogP contribution is -2.31. The fourth-order valence-electron chi connectivity index (χ4n) is 3.42. The van der Waals surface area contributed by atoms with Crippen molar-refractivity contribution in [1.29, 1.82) is 0 Å². The number of fused-ring (bicyclic) bond motifs is 1. The molecular weight excluding hydrogens is 269 g/mol. The van der Waals surface area contributed by atoms with E-state index in [4.69, 9.17) is 0 Å². The maximum atomic E-state index is 13.5. The largest absolute Gasteiger partial charge is 0.310 e. The molecule has 1 aliphatic heterocycles. The Balaban J connectivity index is 1.60. The van der Waals surface area contributed by atoms with Crippen molar-refractivity contribution in [2.75, 3.05) is 12.3 Å². The molecule has 1 aliphatic carbocycles. The predicted molar refractivity (Wildman–Crippen MR) is 83.6 cm³/mol. The molecule has 1 unspecified atom stereocenters. The molecule has 0 spiro atoms. The van der Waals surface area contributed by atoms with Gasteiger partial charge in [0.1, 0.15) is 5.82 Å². The minimum atomic E-state index is -0.107. The maximum Gasteiger partial charge on any atom is 0.123 e. The minimum absolute atomic E-state index is 0.107. The highest BCUT2D eigenvalue weighted by Crippen LogP contribution is 2.37. The Morgan fingerprint density at radius 2 is 2.00 bits per heavy atom. The first-order valence-electron chi connectivity index (χ1n) is 7.88. The fourth-order valence-corrected chi connectivity index (χ4v) is 4.53. The number of halogens is 1. The Hall–Kier alpha value is -0.540. The topological polar surface area (TPSA) is 12.0 Å². The molecule has 0 saturated heterocycles. The van der Waals surface area contributed by atoms with Crippen LogP contribution >= 0.6 is 11.8 Å². The second kappa shape index (κ2) is 6.48. The molecule has 1 fully saturated rings. The van der Waals surface area contributed by atoms with Gasteiger partial charge in [-0.15, -0.1) is 11.8 Å². The molecule has 20 heavy (non-hydrogen) atoms. The van der Waals surface area contributed by atoms with Crippen molar-refractivity contribution < 1.29 is 4.39 Å². The molecular formula is C17H24FNS. The molecule has 0 radical (unpaired) electrons. The Labute approximate surface area is 125 Å². The van der Waals surface area contributed by atoms with Gasteiger partial charge in [-0.05, 0) is 67.2 Å².